The van der Waals surface area contributed by atoms with Crippen LogP contribution >= 0.6 is 11.3 Å². The first-order valence-electron chi connectivity index (χ1n) is 8.73. The van der Waals surface area contributed by atoms with E-state index in [-0.39, 0.29) is 13.0 Å². The van der Waals surface area contributed by atoms with Gasteiger partial charge in [0, 0.05) is 4.88 Å². The summed E-state index contributed by atoms with van der Waals surface area (Å²) in [5.41, 5.74) is 2.38. The fraction of sp³-hybridized carbons (Fsp3) is 0.350. The van der Waals surface area contributed by atoms with Crippen LogP contribution in [0.25, 0.3) is 0 Å². The van der Waals surface area contributed by atoms with Crippen molar-refractivity contribution < 1.29 is 19.1 Å². The topological polar surface area (TPSA) is 88.4 Å². The van der Waals surface area contributed by atoms with Gasteiger partial charge in [-0.15, -0.1) is 11.3 Å². The molecule has 1 aliphatic carbocycles. The fourth-order valence-electron chi connectivity index (χ4n) is 3.04. The quantitative estimate of drug-likeness (QED) is 0.773. The van der Waals surface area contributed by atoms with Crippen LogP contribution in [0.15, 0.2) is 24.3 Å². The zero-order valence-electron chi connectivity index (χ0n) is 15.0. The van der Waals surface area contributed by atoms with E-state index in [1.54, 1.807) is 31.4 Å². The number of nitriles is 1. The van der Waals surface area contributed by atoms with Crippen LogP contribution < -0.4 is 10.1 Å². The van der Waals surface area contributed by atoms with Crippen LogP contribution in [0.3, 0.4) is 0 Å². The monoisotopic (exact) mass is 384 g/mol. The predicted molar refractivity (Wildman–Crippen MR) is 102 cm³/mol. The molecular formula is C20H20N2O4S. The second-order valence-corrected chi connectivity index (χ2v) is 7.37. The largest absolute Gasteiger partial charge is 0.497 e. The van der Waals surface area contributed by atoms with E-state index in [2.05, 4.69) is 11.4 Å². The van der Waals surface area contributed by atoms with Crippen LogP contribution in [0.2, 0.25) is 0 Å². The van der Waals surface area contributed by atoms with Gasteiger partial charge >= 0.3 is 5.97 Å². The molecule has 7 heteroatoms. The Morgan fingerprint density at radius 1 is 1.22 bits per heavy atom. The van der Waals surface area contributed by atoms with Crippen molar-refractivity contribution in [3.63, 3.8) is 0 Å². The molecule has 27 heavy (non-hydrogen) atoms. The SMILES string of the molecule is COc1ccc(CC(=O)OCC(=O)Nc2sc3c(c2C#N)CCCC3)cc1. The Labute approximate surface area is 161 Å². The van der Waals surface area contributed by atoms with Crippen LogP contribution in [0.4, 0.5) is 5.00 Å². The number of nitrogens with one attached hydrogen (secondary N) is 1. The molecule has 0 saturated carbocycles. The van der Waals surface area contributed by atoms with Gasteiger partial charge < -0.3 is 14.8 Å². The van der Waals surface area contributed by atoms with Crippen LogP contribution in [-0.4, -0.2) is 25.6 Å². The summed E-state index contributed by atoms with van der Waals surface area (Å²) in [4.78, 5) is 25.2. The van der Waals surface area contributed by atoms with Crippen molar-refractivity contribution in [2.75, 3.05) is 19.0 Å². The molecule has 140 valence electrons. The van der Waals surface area contributed by atoms with Gasteiger partial charge in [0.2, 0.25) is 0 Å². The minimum absolute atomic E-state index is 0.0774. The summed E-state index contributed by atoms with van der Waals surface area (Å²) < 4.78 is 10.1. The summed E-state index contributed by atoms with van der Waals surface area (Å²) in [6.07, 6.45) is 4.07. The average Bonchev–Trinajstić information content (AvgIpc) is 3.03. The summed E-state index contributed by atoms with van der Waals surface area (Å²) in [7, 11) is 1.57. The van der Waals surface area contributed by atoms with Crippen molar-refractivity contribution in [3.05, 3.63) is 45.8 Å². The first-order chi connectivity index (χ1) is 13.1. The fourth-order valence-corrected chi connectivity index (χ4v) is 4.30. The van der Waals surface area contributed by atoms with Gasteiger partial charge in [0.05, 0.1) is 19.1 Å². The molecule has 6 nitrogen and oxygen atoms in total. The van der Waals surface area contributed by atoms with E-state index in [4.69, 9.17) is 9.47 Å². The number of amides is 1. The Kier molecular flexibility index (Phi) is 6.09. The highest BCUT2D eigenvalue weighted by molar-refractivity contribution is 7.16. The molecule has 0 spiro atoms. The number of hydrogen-bond acceptors (Lipinski definition) is 6. The molecule has 1 heterocycles. The van der Waals surface area contributed by atoms with Crippen LogP contribution in [-0.2, 0) is 33.6 Å². The minimum atomic E-state index is -0.485. The molecule has 0 atom stereocenters. The number of thiophene rings is 1. The molecule has 3 rings (SSSR count). The molecule has 2 aromatic rings. The lowest BCUT2D eigenvalue weighted by atomic mass is 9.96. The highest BCUT2D eigenvalue weighted by Gasteiger charge is 2.22. The van der Waals surface area contributed by atoms with E-state index in [0.29, 0.717) is 16.3 Å². The van der Waals surface area contributed by atoms with Crippen molar-refractivity contribution >= 4 is 28.2 Å². The molecule has 1 aliphatic rings. The maximum atomic E-state index is 12.1. The van der Waals surface area contributed by atoms with Crippen molar-refractivity contribution in [3.8, 4) is 11.8 Å². The number of hydrogen-bond donors (Lipinski definition) is 1. The van der Waals surface area contributed by atoms with Crippen molar-refractivity contribution in [1.29, 1.82) is 5.26 Å². The summed E-state index contributed by atoms with van der Waals surface area (Å²) in [6, 6.07) is 9.26. The van der Waals surface area contributed by atoms with E-state index < -0.39 is 11.9 Å². The normalized spacial score (nSPS) is 12.6. The number of carbonyl (C=O) groups excluding carboxylic acids is 2. The Hall–Kier alpha value is -2.85. The zero-order valence-corrected chi connectivity index (χ0v) is 15.9. The van der Waals surface area contributed by atoms with E-state index >= 15 is 0 Å². The van der Waals surface area contributed by atoms with Gasteiger partial charge in [-0.1, -0.05) is 12.1 Å². The number of rotatable bonds is 6. The lowest BCUT2D eigenvalue weighted by Crippen LogP contribution is -2.21. The number of ether oxygens (including phenoxy) is 2. The summed E-state index contributed by atoms with van der Waals surface area (Å²) in [5, 5.41) is 12.7. The standard InChI is InChI=1S/C20H20N2O4S/c1-25-14-8-6-13(7-9-14)10-19(24)26-12-18(23)22-20-16(11-21)15-4-2-3-5-17(15)27-20/h6-9H,2-5,10,12H2,1H3,(H,22,23). The number of nitrogens with zero attached hydrogens (tertiary/aromatic N) is 1. The second-order valence-electron chi connectivity index (χ2n) is 6.26. The maximum Gasteiger partial charge on any atom is 0.310 e. The number of carbonyl (C=O) groups is 2. The van der Waals surface area contributed by atoms with Crippen LogP contribution in [0.5, 0.6) is 5.75 Å². The van der Waals surface area contributed by atoms with Crippen molar-refractivity contribution in [2.24, 2.45) is 0 Å². The molecule has 0 saturated heterocycles. The number of esters is 1. The smallest absolute Gasteiger partial charge is 0.310 e. The lowest BCUT2D eigenvalue weighted by Gasteiger charge is -2.09. The number of aryl methyl sites for hydroxylation is 1. The molecule has 0 fully saturated rings. The van der Waals surface area contributed by atoms with Crippen molar-refractivity contribution in [2.45, 2.75) is 32.1 Å². The predicted octanol–water partition coefficient (Wildman–Crippen LogP) is 3.23. The molecule has 0 aliphatic heterocycles. The molecule has 1 aromatic heterocycles. The van der Waals surface area contributed by atoms with E-state index in [1.807, 2.05) is 0 Å². The second kappa shape index (κ2) is 8.69. The maximum absolute atomic E-state index is 12.1. The molecule has 1 N–H and O–H groups in total. The first kappa shape index (κ1) is 18.9. The van der Waals surface area contributed by atoms with E-state index in [9.17, 15) is 14.9 Å². The molecule has 1 amide bonds. The minimum Gasteiger partial charge on any atom is -0.497 e. The Balaban J connectivity index is 1.53. The summed E-state index contributed by atoms with van der Waals surface area (Å²) in [5.74, 6) is -0.215. The Morgan fingerprint density at radius 3 is 2.67 bits per heavy atom. The van der Waals surface area contributed by atoms with Crippen LogP contribution in [0, 0.1) is 11.3 Å². The van der Waals surface area contributed by atoms with Gasteiger partial charge in [0.15, 0.2) is 6.61 Å². The van der Waals surface area contributed by atoms with Crippen molar-refractivity contribution in [1.82, 2.24) is 0 Å². The van der Waals surface area contributed by atoms with Gasteiger partial charge in [0.1, 0.15) is 16.8 Å². The molecule has 0 unspecified atom stereocenters. The van der Waals surface area contributed by atoms with Gasteiger partial charge in [-0.3, -0.25) is 9.59 Å². The van der Waals surface area contributed by atoms with E-state index in [1.165, 1.54) is 16.2 Å². The van der Waals surface area contributed by atoms with Gasteiger partial charge in [-0.05, 0) is 48.9 Å². The van der Waals surface area contributed by atoms with Crippen LogP contribution in [0.1, 0.15) is 34.4 Å². The Bertz CT molecular complexity index is 881. The molecule has 1 aromatic carbocycles. The summed E-state index contributed by atoms with van der Waals surface area (Å²) >= 11 is 1.45. The van der Waals surface area contributed by atoms with Gasteiger partial charge in [-0.25, -0.2) is 0 Å². The highest BCUT2D eigenvalue weighted by Crippen LogP contribution is 2.37. The molecular weight excluding hydrogens is 364 g/mol. The Morgan fingerprint density at radius 2 is 1.96 bits per heavy atom. The third-order valence-corrected chi connectivity index (χ3v) is 5.62. The number of methoxy groups -OCH3 is 1. The summed E-state index contributed by atoms with van der Waals surface area (Å²) in [6.45, 7) is -0.373. The highest BCUT2D eigenvalue weighted by atomic mass is 32.1. The zero-order chi connectivity index (χ0) is 19.2. The third-order valence-electron chi connectivity index (χ3n) is 4.41. The first-order valence-corrected chi connectivity index (χ1v) is 9.55. The number of anilines is 1. The van der Waals surface area contributed by atoms with E-state index in [0.717, 1.165) is 36.8 Å². The molecule has 0 bridgehead atoms. The number of fused-ring (bicyclic) bond motifs is 1. The molecule has 0 radical (unpaired) electrons. The van der Waals surface area contributed by atoms with Gasteiger partial charge in [0.25, 0.3) is 5.91 Å². The average molecular weight is 384 g/mol. The third kappa shape index (κ3) is 4.66. The number of benzene rings is 1. The lowest BCUT2D eigenvalue weighted by molar-refractivity contribution is -0.146. The van der Waals surface area contributed by atoms with Gasteiger partial charge in [-0.2, -0.15) is 5.26 Å².